The van der Waals surface area contributed by atoms with Gasteiger partial charge in [-0.1, -0.05) is 12.8 Å². The molecule has 2 aromatic rings. The largest absolute Gasteiger partial charge is 0.290 e. The molecule has 1 aliphatic carbocycles. The number of aromatic amines is 1. The average molecular weight is 245 g/mol. The van der Waals surface area contributed by atoms with Crippen LogP contribution in [0.5, 0.6) is 0 Å². The standard InChI is InChI=1S/C12H15N5O/c18-11(12-13-8-14-15-12)7-9-5-6-17(16-9)10-3-1-2-4-10/h5-6,8,10H,1-4,7H2,(H,13,14,15). The molecule has 18 heavy (non-hydrogen) atoms. The Bertz CT molecular complexity index is 524. The van der Waals surface area contributed by atoms with E-state index in [1.165, 1.54) is 32.0 Å². The minimum atomic E-state index is -0.0795. The molecule has 2 aromatic heterocycles. The molecule has 1 saturated carbocycles. The predicted molar refractivity (Wildman–Crippen MR) is 64.1 cm³/mol. The van der Waals surface area contributed by atoms with Gasteiger partial charge in [0.1, 0.15) is 6.33 Å². The molecule has 0 aromatic carbocycles. The second-order valence-corrected chi connectivity index (χ2v) is 4.66. The lowest BCUT2D eigenvalue weighted by molar-refractivity contribution is 0.0982. The molecule has 1 aliphatic rings. The van der Waals surface area contributed by atoms with E-state index in [-0.39, 0.29) is 12.2 Å². The van der Waals surface area contributed by atoms with E-state index in [1.54, 1.807) is 0 Å². The molecule has 94 valence electrons. The molecule has 0 atom stereocenters. The van der Waals surface area contributed by atoms with Gasteiger partial charge in [0, 0.05) is 6.20 Å². The number of carbonyl (C=O) groups excluding carboxylic acids is 1. The average Bonchev–Trinajstić information content (AvgIpc) is 3.12. The number of aromatic nitrogens is 5. The fraction of sp³-hybridized carbons (Fsp3) is 0.500. The molecule has 1 N–H and O–H groups in total. The molecule has 0 saturated heterocycles. The molecular formula is C12H15N5O. The Kier molecular flexibility index (Phi) is 2.92. The molecule has 0 bridgehead atoms. The van der Waals surface area contributed by atoms with E-state index in [0.717, 1.165) is 5.69 Å². The highest BCUT2D eigenvalue weighted by molar-refractivity contribution is 5.93. The zero-order valence-corrected chi connectivity index (χ0v) is 10.0. The number of rotatable bonds is 4. The molecule has 0 spiro atoms. The van der Waals surface area contributed by atoms with E-state index >= 15 is 0 Å². The van der Waals surface area contributed by atoms with Gasteiger partial charge in [0.2, 0.25) is 5.78 Å². The van der Waals surface area contributed by atoms with Crippen LogP contribution < -0.4 is 0 Å². The molecular weight excluding hydrogens is 230 g/mol. The van der Waals surface area contributed by atoms with Gasteiger partial charge in [-0.05, 0) is 18.9 Å². The van der Waals surface area contributed by atoms with Crippen molar-refractivity contribution in [2.45, 2.75) is 38.1 Å². The molecule has 3 rings (SSSR count). The molecule has 0 unspecified atom stereocenters. The summed E-state index contributed by atoms with van der Waals surface area (Å²) in [5.74, 6) is 0.217. The van der Waals surface area contributed by atoms with Crippen molar-refractivity contribution < 1.29 is 4.79 Å². The van der Waals surface area contributed by atoms with Crippen molar-refractivity contribution >= 4 is 5.78 Å². The van der Waals surface area contributed by atoms with Gasteiger partial charge in [-0.3, -0.25) is 14.6 Å². The van der Waals surface area contributed by atoms with E-state index in [4.69, 9.17) is 0 Å². The van der Waals surface area contributed by atoms with Crippen LogP contribution >= 0.6 is 0 Å². The Labute approximate surface area is 104 Å². The fourth-order valence-corrected chi connectivity index (χ4v) is 2.43. The lowest BCUT2D eigenvalue weighted by Gasteiger charge is -2.08. The van der Waals surface area contributed by atoms with Gasteiger partial charge >= 0.3 is 0 Å². The third-order valence-electron chi connectivity index (χ3n) is 3.38. The van der Waals surface area contributed by atoms with Crippen molar-refractivity contribution in [1.29, 1.82) is 0 Å². The highest BCUT2D eigenvalue weighted by atomic mass is 16.1. The van der Waals surface area contributed by atoms with Crippen molar-refractivity contribution in [3.8, 4) is 0 Å². The van der Waals surface area contributed by atoms with Gasteiger partial charge in [0.05, 0.1) is 18.2 Å². The highest BCUT2D eigenvalue weighted by Crippen LogP contribution is 2.28. The second-order valence-electron chi connectivity index (χ2n) is 4.66. The lowest BCUT2D eigenvalue weighted by Crippen LogP contribution is -2.09. The maximum absolute atomic E-state index is 11.8. The number of hydrogen-bond acceptors (Lipinski definition) is 4. The summed E-state index contributed by atoms with van der Waals surface area (Å²) in [5, 5.41) is 10.7. The second kappa shape index (κ2) is 4.72. The topological polar surface area (TPSA) is 76.5 Å². The third-order valence-corrected chi connectivity index (χ3v) is 3.38. The summed E-state index contributed by atoms with van der Waals surface area (Å²) in [5.41, 5.74) is 0.795. The Morgan fingerprint density at radius 3 is 3.00 bits per heavy atom. The molecule has 0 amide bonds. The zero-order valence-electron chi connectivity index (χ0n) is 10.0. The van der Waals surface area contributed by atoms with Crippen LogP contribution in [0, 0.1) is 0 Å². The number of hydrogen-bond donors (Lipinski definition) is 1. The molecule has 0 radical (unpaired) electrons. The van der Waals surface area contributed by atoms with Gasteiger partial charge in [-0.25, -0.2) is 4.98 Å². The number of H-pyrrole nitrogens is 1. The van der Waals surface area contributed by atoms with Crippen LogP contribution in [0.4, 0.5) is 0 Å². The van der Waals surface area contributed by atoms with Crippen molar-refractivity contribution in [3.63, 3.8) is 0 Å². The molecule has 1 fully saturated rings. The monoisotopic (exact) mass is 245 g/mol. The molecule has 2 heterocycles. The van der Waals surface area contributed by atoms with E-state index < -0.39 is 0 Å². The van der Waals surface area contributed by atoms with E-state index in [9.17, 15) is 4.79 Å². The summed E-state index contributed by atoms with van der Waals surface area (Å²) in [7, 11) is 0. The number of nitrogens with one attached hydrogen (secondary N) is 1. The first-order chi connectivity index (χ1) is 8.83. The van der Waals surface area contributed by atoms with Crippen LogP contribution in [-0.4, -0.2) is 30.7 Å². The lowest BCUT2D eigenvalue weighted by atomic mass is 10.2. The minimum Gasteiger partial charge on any atom is -0.290 e. The van der Waals surface area contributed by atoms with Crippen LogP contribution in [0.15, 0.2) is 18.6 Å². The Morgan fingerprint density at radius 1 is 1.44 bits per heavy atom. The smallest absolute Gasteiger partial charge is 0.205 e. The summed E-state index contributed by atoms with van der Waals surface area (Å²) < 4.78 is 2.00. The van der Waals surface area contributed by atoms with E-state index in [2.05, 4.69) is 20.3 Å². The van der Waals surface area contributed by atoms with Gasteiger partial charge in [0.15, 0.2) is 5.82 Å². The Hall–Kier alpha value is -1.98. The number of ketones is 1. The molecule has 6 nitrogen and oxygen atoms in total. The zero-order chi connectivity index (χ0) is 12.4. The van der Waals surface area contributed by atoms with E-state index in [0.29, 0.717) is 11.9 Å². The van der Waals surface area contributed by atoms with Gasteiger partial charge < -0.3 is 0 Å². The van der Waals surface area contributed by atoms with E-state index in [1.807, 2.05) is 16.9 Å². The summed E-state index contributed by atoms with van der Waals surface area (Å²) >= 11 is 0. The minimum absolute atomic E-state index is 0.0795. The SMILES string of the molecule is O=C(Cc1ccn(C2CCCC2)n1)c1ncn[nH]1. The quantitative estimate of drug-likeness (QED) is 0.829. The molecule has 6 heteroatoms. The summed E-state index contributed by atoms with van der Waals surface area (Å²) in [6, 6.07) is 2.42. The maximum atomic E-state index is 11.8. The van der Waals surface area contributed by atoms with Crippen molar-refractivity contribution in [2.75, 3.05) is 0 Å². The highest BCUT2D eigenvalue weighted by Gasteiger charge is 2.18. The number of carbonyl (C=O) groups is 1. The Morgan fingerprint density at radius 2 is 2.28 bits per heavy atom. The van der Waals surface area contributed by atoms with Crippen LogP contribution in [0.2, 0.25) is 0 Å². The van der Waals surface area contributed by atoms with Gasteiger partial charge in [0.25, 0.3) is 0 Å². The molecule has 0 aliphatic heterocycles. The summed E-state index contributed by atoms with van der Waals surface area (Å²) in [6.45, 7) is 0. The Balaban J connectivity index is 1.68. The van der Waals surface area contributed by atoms with Crippen molar-refractivity contribution in [2.24, 2.45) is 0 Å². The van der Waals surface area contributed by atoms with Crippen LogP contribution in [0.3, 0.4) is 0 Å². The summed E-state index contributed by atoms with van der Waals surface area (Å²) in [4.78, 5) is 15.7. The van der Waals surface area contributed by atoms with Crippen molar-refractivity contribution in [3.05, 3.63) is 30.1 Å². The first-order valence-corrected chi connectivity index (χ1v) is 6.25. The van der Waals surface area contributed by atoms with Crippen LogP contribution in [0.25, 0.3) is 0 Å². The normalized spacial score (nSPS) is 16.2. The summed E-state index contributed by atoms with van der Waals surface area (Å²) in [6.07, 6.45) is 8.51. The van der Waals surface area contributed by atoms with Gasteiger partial charge in [-0.2, -0.15) is 10.2 Å². The maximum Gasteiger partial charge on any atom is 0.205 e. The predicted octanol–water partition coefficient (Wildman–Crippen LogP) is 1.54. The first kappa shape index (κ1) is 11.1. The van der Waals surface area contributed by atoms with Crippen LogP contribution in [0.1, 0.15) is 48.0 Å². The van der Waals surface area contributed by atoms with Crippen LogP contribution in [-0.2, 0) is 6.42 Å². The first-order valence-electron chi connectivity index (χ1n) is 6.25. The van der Waals surface area contributed by atoms with Gasteiger partial charge in [-0.15, -0.1) is 0 Å². The number of nitrogens with zero attached hydrogens (tertiary/aromatic N) is 4. The van der Waals surface area contributed by atoms with Crippen molar-refractivity contribution in [1.82, 2.24) is 25.0 Å². The number of Topliss-reactive ketones (excluding diaryl/α,β-unsaturated/α-hetero) is 1. The third kappa shape index (κ3) is 2.18. The fourth-order valence-electron chi connectivity index (χ4n) is 2.43.